The quantitative estimate of drug-likeness (QED) is 0.929. The van der Waals surface area contributed by atoms with E-state index in [-0.39, 0.29) is 0 Å². The molecule has 1 aromatic carbocycles. The molecule has 2 aromatic rings. The largest absolute Gasteiger partial charge is 0.494 e. The van der Waals surface area contributed by atoms with E-state index in [4.69, 9.17) is 10.5 Å². The number of fused-ring (bicyclic) bond motifs is 1. The number of aryl methyl sites for hydroxylation is 1. The lowest BCUT2D eigenvalue weighted by Gasteiger charge is -2.26. The second-order valence-electron chi connectivity index (χ2n) is 6.38. The van der Waals surface area contributed by atoms with Crippen LogP contribution in [0.15, 0.2) is 18.2 Å². The summed E-state index contributed by atoms with van der Waals surface area (Å²) in [5.74, 6) is 3.10. The Balaban J connectivity index is 1.79. The Kier molecular flexibility index (Phi) is 4.04. The first-order chi connectivity index (χ1) is 10.2. The van der Waals surface area contributed by atoms with Gasteiger partial charge in [0, 0.05) is 6.54 Å². The Labute approximate surface area is 126 Å². The van der Waals surface area contributed by atoms with Crippen molar-refractivity contribution in [2.75, 3.05) is 12.8 Å². The number of hydrogen-bond donors (Lipinski definition) is 1. The standard InChI is InChI=1S/C17H25N3O/c1-12-5-3-6-13(11-12)9-10-20-14-7-4-8-15(21-2)16(14)19-17(20)18/h4,7-8,12-13H,3,5-6,9-11H2,1-2H3,(H2,18,19). The molecule has 4 nitrogen and oxygen atoms in total. The molecule has 0 radical (unpaired) electrons. The van der Waals surface area contributed by atoms with Gasteiger partial charge >= 0.3 is 0 Å². The molecule has 0 saturated heterocycles. The van der Waals surface area contributed by atoms with Crippen LogP contribution in [0.3, 0.4) is 0 Å². The molecule has 0 amide bonds. The van der Waals surface area contributed by atoms with Gasteiger partial charge in [0.2, 0.25) is 5.95 Å². The Morgan fingerprint density at radius 3 is 3.00 bits per heavy atom. The molecule has 21 heavy (non-hydrogen) atoms. The van der Waals surface area contributed by atoms with Gasteiger partial charge in [-0.1, -0.05) is 32.3 Å². The van der Waals surface area contributed by atoms with Crippen LogP contribution in [0, 0.1) is 11.8 Å². The van der Waals surface area contributed by atoms with Gasteiger partial charge in [-0.2, -0.15) is 0 Å². The van der Waals surface area contributed by atoms with Crippen molar-refractivity contribution in [2.45, 2.75) is 45.6 Å². The number of nitrogens with zero attached hydrogens (tertiary/aromatic N) is 2. The molecule has 1 aliphatic carbocycles. The molecule has 114 valence electrons. The predicted molar refractivity (Wildman–Crippen MR) is 86.4 cm³/mol. The fraction of sp³-hybridized carbons (Fsp3) is 0.588. The first kappa shape index (κ1) is 14.2. The molecular weight excluding hydrogens is 262 g/mol. The molecule has 1 aliphatic rings. The highest BCUT2D eigenvalue weighted by Gasteiger charge is 2.20. The lowest BCUT2D eigenvalue weighted by molar-refractivity contribution is 0.262. The number of methoxy groups -OCH3 is 1. The van der Waals surface area contributed by atoms with Crippen LogP contribution in [0.5, 0.6) is 5.75 Å². The number of hydrogen-bond acceptors (Lipinski definition) is 3. The van der Waals surface area contributed by atoms with E-state index in [1.807, 2.05) is 12.1 Å². The minimum absolute atomic E-state index is 0.596. The van der Waals surface area contributed by atoms with Crippen LogP contribution in [0.4, 0.5) is 5.95 Å². The zero-order chi connectivity index (χ0) is 14.8. The lowest BCUT2D eigenvalue weighted by Crippen LogP contribution is -2.15. The van der Waals surface area contributed by atoms with E-state index in [9.17, 15) is 0 Å². The van der Waals surface area contributed by atoms with Crippen LogP contribution in [0.1, 0.15) is 39.0 Å². The third-order valence-corrected chi connectivity index (χ3v) is 4.80. The fourth-order valence-corrected chi connectivity index (χ4v) is 3.67. The van der Waals surface area contributed by atoms with Crippen molar-refractivity contribution in [3.8, 4) is 5.75 Å². The molecule has 2 atom stereocenters. The molecule has 1 heterocycles. The predicted octanol–water partition coefficient (Wildman–Crippen LogP) is 3.84. The van der Waals surface area contributed by atoms with Gasteiger partial charge in [0.05, 0.1) is 12.6 Å². The number of anilines is 1. The second kappa shape index (κ2) is 5.96. The minimum atomic E-state index is 0.596. The third kappa shape index (κ3) is 2.85. The summed E-state index contributed by atoms with van der Waals surface area (Å²) in [7, 11) is 1.67. The zero-order valence-corrected chi connectivity index (χ0v) is 13.0. The van der Waals surface area contributed by atoms with E-state index in [1.54, 1.807) is 7.11 Å². The number of rotatable bonds is 4. The third-order valence-electron chi connectivity index (χ3n) is 4.80. The summed E-state index contributed by atoms with van der Waals surface area (Å²) >= 11 is 0. The maximum absolute atomic E-state index is 6.12. The van der Waals surface area contributed by atoms with Crippen LogP contribution in [-0.2, 0) is 6.54 Å². The van der Waals surface area contributed by atoms with Gasteiger partial charge in [-0.05, 0) is 36.8 Å². The lowest BCUT2D eigenvalue weighted by atomic mass is 9.81. The van der Waals surface area contributed by atoms with Crippen molar-refractivity contribution in [3.05, 3.63) is 18.2 Å². The van der Waals surface area contributed by atoms with Gasteiger partial charge in [-0.3, -0.25) is 0 Å². The van der Waals surface area contributed by atoms with Gasteiger partial charge < -0.3 is 15.0 Å². The van der Waals surface area contributed by atoms with Crippen LogP contribution in [-0.4, -0.2) is 16.7 Å². The van der Waals surface area contributed by atoms with Crippen LogP contribution >= 0.6 is 0 Å². The van der Waals surface area contributed by atoms with Crippen molar-refractivity contribution < 1.29 is 4.74 Å². The van der Waals surface area contributed by atoms with Gasteiger partial charge in [-0.25, -0.2) is 4.98 Å². The Bertz CT molecular complexity index is 620. The van der Waals surface area contributed by atoms with Gasteiger partial charge in [0.25, 0.3) is 0 Å². The van der Waals surface area contributed by atoms with E-state index in [2.05, 4.69) is 22.5 Å². The number of imidazole rings is 1. The number of ether oxygens (including phenoxy) is 1. The maximum atomic E-state index is 6.12. The summed E-state index contributed by atoms with van der Waals surface area (Å²) in [6, 6.07) is 6.01. The van der Waals surface area contributed by atoms with Crippen LogP contribution in [0.25, 0.3) is 11.0 Å². The first-order valence-corrected chi connectivity index (χ1v) is 7.97. The van der Waals surface area contributed by atoms with Crippen LogP contribution in [0.2, 0.25) is 0 Å². The highest BCUT2D eigenvalue weighted by molar-refractivity contribution is 5.84. The molecule has 2 unspecified atom stereocenters. The molecular formula is C17H25N3O. The Morgan fingerprint density at radius 2 is 2.24 bits per heavy atom. The minimum Gasteiger partial charge on any atom is -0.494 e. The monoisotopic (exact) mass is 287 g/mol. The van der Waals surface area contributed by atoms with Gasteiger partial charge in [0.1, 0.15) is 11.3 Å². The second-order valence-corrected chi connectivity index (χ2v) is 6.38. The van der Waals surface area contributed by atoms with E-state index >= 15 is 0 Å². The Hall–Kier alpha value is -1.71. The van der Waals surface area contributed by atoms with Crippen LogP contribution < -0.4 is 10.5 Å². The number of benzene rings is 1. The highest BCUT2D eigenvalue weighted by Crippen LogP contribution is 2.32. The van der Waals surface area contributed by atoms with Crippen molar-refractivity contribution in [2.24, 2.45) is 11.8 Å². The maximum Gasteiger partial charge on any atom is 0.201 e. The SMILES string of the molecule is COc1cccc2c1nc(N)n2CCC1CCCC(C)C1. The number of aromatic nitrogens is 2. The summed E-state index contributed by atoms with van der Waals surface area (Å²) in [5, 5.41) is 0. The van der Waals surface area contributed by atoms with Gasteiger partial charge in [0.15, 0.2) is 0 Å². The molecule has 2 N–H and O–H groups in total. The smallest absolute Gasteiger partial charge is 0.201 e. The van der Waals surface area contributed by atoms with Crippen molar-refractivity contribution in [1.82, 2.24) is 9.55 Å². The number of nitrogens with two attached hydrogens (primary N) is 1. The molecule has 1 fully saturated rings. The van der Waals surface area contributed by atoms with E-state index in [0.29, 0.717) is 5.95 Å². The summed E-state index contributed by atoms with van der Waals surface area (Å²) in [5.41, 5.74) is 8.07. The number of nitrogen functional groups attached to an aromatic ring is 1. The molecule has 0 aliphatic heterocycles. The Morgan fingerprint density at radius 1 is 1.38 bits per heavy atom. The summed E-state index contributed by atoms with van der Waals surface area (Å²) in [4.78, 5) is 4.48. The van der Waals surface area contributed by atoms with Crippen molar-refractivity contribution in [1.29, 1.82) is 0 Å². The fourth-order valence-electron chi connectivity index (χ4n) is 3.67. The van der Waals surface area contributed by atoms with Gasteiger partial charge in [-0.15, -0.1) is 0 Å². The van der Waals surface area contributed by atoms with Crippen molar-refractivity contribution >= 4 is 17.0 Å². The van der Waals surface area contributed by atoms with E-state index in [0.717, 1.165) is 35.2 Å². The zero-order valence-electron chi connectivity index (χ0n) is 13.0. The highest BCUT2D eigenvalue weighted by atomic mass is 16.5. The van der Waals surface area contributed by atoms with E-state index < -0.39 is 0 Å². The summed E-state index contributed by atoms with van der Waals surface area (Å²) in [6.45, 7) is 3.32. The molecule has 3 rings (SSSR count). The first-order valence-electron chi connectivity index (χ1n) is 7.97. The molecule has 0 bridgehead atoms. The van der Waals surface area contributed by atoms with E-state index in [1.165, 1.54) is 32.1 Å². The summed E-state index contributed by atoms with van der Waals surface area (Å²) in [6.07, 6.45) is 6.68. The topological polar surface area (TPSA) is 53.1 Å². The average molecular weight is 287 g/mol. The molecule has 0 spiro atoms. The molecule has 1 aromatic heterocycles. The molecule has 1 saturated carbocycles. The summed E-state index contributed by atoms with van der Waals surface area (Å²) < 4.78 is 7.51. The number of para-hydroxylation sites is 1. The average Bonchev–Trinajstić information content (AvgIpc) is 2.80. The van der Waals surface area contributed by atoms with Crippen molar-refractivity contribution in [3.63, 3.8) is 0 Å². The molecule has 4 heteroatoms. The normalized spacial score (nSPS) is 22.6.